The van der Waals surface area contributed by atoms with E-state index in [1.54, 1.807) is 12.1 Å². The predicted molar refractivity (Wildman–Crippen MR) is 135 cm³/mol. The molecule has 4 aliphatic rings. The Morgan fingerprint density at radius 2 is 1.79 bits per heavy atom. The Bertz CT molecular complexity index is 1400. The maximum Gasteiger partial charge on any atom is 0.252 e. The Kier molecular flexibility index (Phi) is 5.16. The van der Waals surface area contributed by atoms with Gasteiger partial charge in [0.1, 0.15) is 6.04 Å². The van der Waals surface area contributed by atoms with E-state index in [1.165, 1.54) is 4.90 Å². The second kappa shape index (κ2) is 8.13. The van der Waals surface area contributed by atoms with Crippen molar-refractivity contribution in [3.05, 3.63) is 47.5 Å². The van der Waals surface area contributed by atoms with Gasteiger partial charge in [-0.05, 0) is 29.3 Å². The number of carbonyl (C=O) groups is 3. The van der Waals surface area contributed by atoms with Crippen LogP contribution in [0, 0.1) is 17.7 Å². The van der Waals surface area contributed by atoms with E-state index in [1.807, 2.05) is 31.2 Å². The number of rotatable bonds is 4. The molecule has 6 rings (SSSR count). The van der Waals surface area contributed by atoms with Gasteiger partial charge >= 0.3 is 0 Å². The highest BCUT2D eigenvalue weighted by Gasteiger charge is 2.74. The highest BCUT2D eigenvalue weighted by atomic mass is 16.5. The lowest BCUT2D eigenvalue weighted by Crippen LogP contribution is -2.81. The second-order valence-electron chi connectivity index (χ2n) is 10.2. The number of guanidine groups is 2. The molecule has 0 aromatic heterocycles. The van der Waals surface area contributed by atoms with Crippen LogP contribution in [0.15, 0.2) is 36.4 Å². The average molecular weight is 521 g/mol. The van der Waals surface area contributed by atoms with Gasteiger partial charge in [-0.1, -0.05) is 30.3 Å². The summed E-state index contributed by atoms with van der Waals surface area (Å²) in [6, 6.07) is 7.98. The second-order valence-corrected chi connectivity index (χ2v) is 10.2. The van der Waals surface area contributed by atoms with Crippen molar-refractivity contribution in [1.29, 1.82) is 10.8 Å². The number of amides is 3. The number of nitrogens with zero attached hydrogens (tertiary/aromatic N) is 2. The van der Waals surface area contributed by atoms with Gasteiger partial charge in [-0.3, -0.25) is 30.1 Å². The van der Waals surface area contributed by atoms with Crippen molar-refractivity contribution in [2.24, 2.45) is 0 Å². The van der Waals surface area contributed by atoms with Crippen LogP contribution in [0.2, 0.25) is 0 Å². The molecule has 4 fully saturated rings. The summed E-state index contributed by atoms with van der Waals surface area (Å²) in [4.78, 5) is 40.5. The lowest BCUT2D eigenvalue weighted by molar-refractivity contribution is -0.232. The maximum atomic E-state index is 13.5. The Morgan fingerprint density at radius 3 is 2.50 bits per heavy atom. The van der Waals surface area contributed by atoms with E-state index in [4.69, 9.17) is 10.8 Å². The highest BCUT2D eigenvalue weighted by Crippen LogP contribution is 2.43. The molecule has 0 radical (unpaired) electrons. The number of imide groups is 1. The van der Waals surface area contributed by atoms with Crippen LogP contribution in [0.1, 0.15) is 28.8 Å². The lowest BCUT2D eigenvalue weighted by atomic mass is 9.84. The Morgan fingerprint density at radius 1 is 1.11 bits per heavy atom. The summed E-state index contributed by atoms with van der Waals surface area (Å²) < 4.78 is 0. The average Bonchev–Trinajstić information content (AvgIpc) is 3.47. The van der Waals surface area contributed by atoms with E-state index in [2.05, 4.69) is 21.3 Å². The largest absolute Gasteiger partial charge is 0.361 e. The van der Waals surface area contributed by atoms with Crippen LogP contribution in [-0.4, -0.2) is 92.3 Å². The van der Waals surface area contributed by atoms with Gasteiger partial charge in [0, 0.05) is 24.9 Å². The Hall–Kier alpha value is -4.23. The minimum atomic E-state index is -2.66. The van der Waals surface area contributed by atoms with Crippen LogP contribution in [0.25, 0.3) is 10.8 Å². The van der Waals surface area contributed by atoms with Crippen LogP contribution in [0.3, 0.4) is 0 Å². The van der Waals surface area contributed by atoms with Gasteiger partial charge in [0.25, 0.3) is 5.91 Å². The third-order valence-corrected chi connectivity index (χ3v) is 8.09. The molecule has 2 aromatic carbocycles. The topological polar surface area (TPSA) is 194 Å². The Balaban J connectivity index is 1.33. The molecule has 8 N–H and O–H groups in total. The number of aliphatic hydroxyl groups is 2. The standard InChI is InChI=1S/C25H28N8O5/c1-12-4-2-5-13-6-3-7-14(19(12)13)21(36)29-16-11-33-23(27)28-15(10-32-17(34)8-9-18(32)35)20-24(33,25(16,37)38)31-22(26)30-20/h2-7,15-16,20,37-38H,8-11H2,1H3,(H2,27,28)(H,29,36)(H3,26,30,31)/t15-,16?,20-,24?/m0/s1. The van der Waals surface area contributed by atoms with Crippen LogP contribution in [0.4, 0.5) is 0 Å². The van der Waals surface area contributed by atoms with Gasteiger partial charge in [0.15, 0.2) is 17.6 Å². The first-order valence-electron chi connectivity index (χ1n) is 12.4. The number of nitrogens with one attached hydrogen (secondary N) is 6. The van der Waals surface area contributed by atoms with Crippen LogP contribution in [-0.2, 0) is 9.59 Å². The lowest BCUT2D eigenvalue weighted by Gasteiger charge is -2.51. The van der Waals surface area contributed by atoms with E-state index in [0.717, 1.165) is 21.2 Å². The van der Waals surface area contributed by atoms with Gasteiger partial charge in [0.2, 0.25) is 17.6 Å². The molecule has 198 valence electrons. The van der Waals surface area contributed by atoms with Crippen LogP contribution < -0.4 is 21.3 Å². The van der Waals surface area contributed by atoms with Crippen molar-refractivity contribution < 1.29 is 24.6 Å². The van der Waals surface area contributed by atoms with Crippen molar-refractivity contribution in [3.8, 4) is 0 Å². The van der Waals surface area contributed by atoms with E-state index < -0.39 is 35.5 Å². The quantitative estimate of drug-likeness (QED) is 0.175. The summed E-state index contributed by atoms with van der Waals surface area (Å²) in [5.41, 5.74) is -0.558. The number of likely N-dealkylation sites (tertiary alicyclic amines) is 1. The fourth-order valence-electron chi connectivity index (χ4n) is 6.31. The third-order valence-electron chi connectivity index (χ3n) is 8.09. The third kappa shape index (κ3) is 3.21. The number of hydrogen-bond acceptors (Lipinski definition) is 7. The van der Waals surface area contributed by atoms with Crippen LogP contribution in [0.5, 0.6) is 0 Å². The van der Waals surface area contributed by atoms with Crippen molar-refractivity contribution in [3.63, 3.8) is 0 Å². The summed E-state index contributed by atoms with van der Waals surface area (Å²) in [6.07, 6.45) is 0.191. The zero-order valence-electron chi connectivity index (χ0n) is 20.5. The molecular weight excluding hydrogens is 492 g/mol. The first-order valence-corrected chi connectivity index (χ1v) is 12.4. The monoisotopic (exact) mass is 520 g/mol. The molecule has 4 aliphatic heterocycles. The molecule has 0 saturated carbocycles. The molecule has 4 atom stereocenters. The molecular formula is C25H28N8O5. The molecule has 2 aromatic rings. The summed E-state index contributed by atoms with van der Waals surface area (Å²) in [5, 5.41) is 53.1. The normalized spacial score (nSPS) is 29.6. The molecule has 13 heteroatoms. The molecule has 0 aliphatic carbocycles. The molecule has 3 amide bonds. The van der Waals surface area contributed by atoms with Gasteiger partial charge in [-0.25, -0.2) is 0 Å². The van der Waals surface area contributed by atoms with Gasteiger partial charge in [-0.15, -0.1) is 0 Å². The minimum Gasteiger partial charge on any atom is -0.361 e. The highest BCUT2D eigenvalue weighted by molar-refractivity contribution is 6.08. The fraction of sp³-hybridized carbons (Fsp3) is 0.400. The smallest absolute Gasteiger partial charge is 0.252 e. The van der Waals surface area contributed by atoms with Crippen molar-refractivity contribution in [2.45, 2.75) is 49.3 Å². The van der Waals surface area contributed by atoms with Gasteiger partial charge in [0.05, 0.1) is 18.6 Å². The number of fused-ring (bicyclic) bond motifs is 1. The summed E-state index contributed by atoms with van der Waals surface area (Å²) in [5.74, 6) is -4.28. The van der Waals surface area contributed by atoms with Gasteiger partial charge in [-0.2, -0.15) is 0 Å². The van der Waals surface area contributed by atoms with Crippen molar-refractivity contribution >= 4 is 40.4 Å². The summed E-state index contributed by atoms with van der Waals surface area (Å²) in [6.45, 7) is 1.62. The van der Waals surface area contributed by atoms with Crippen molar-refractivity contribution in [1.82, 2.24) is 31.1 Å². The molecule has 4 heterocycles. The van der Waals surface area contributed by atoms with E-state index in [0.29, 0.717) is 5.56 Å². The van der Waals surface area contributed by atoms with Crippen molar-refractivity contribution in [2.75, 3.05) is 13.1 Å². The van der Waals surface area contributed by atoms with Crippen LogP contribution >= 0.6 is 0 Å². The van der Waals surface area contributed by atoms with E-state index >= 15 is 0 Å². The number of hydrogen-bond donors (Lipinski definition) is 8. The Labute approximate surface area is 217 Å². The molecule has 13 nitrogen and oxygen atoms in total. The molecule has 0 bridgehead atoms. The summed E-state index contributed by atoms with van der Waals surface area (Å²) >= 11 is 0. The predicted octanol–water partition coefficient (Wildman–Crippen LogP) is -1.51. The summed E-state index contributed by atoms with van der Waals surface area (Å²) in [7, 11) is 0. The SMILES string of the molecule is Cc1cccc2cccc(C(=O)NC3CN4C(=N)N[C@@H](CN5C(=O)CCC5=O)[C@@H]5NC(=N)NC54C3(O)O)c12. The maximum absolute atomic E-state index is 13.5. The minimum absolute atomic E-state index is 0.0954. The zero-order valence-corrected chi connectivity index (χ0v) is 20.5. The first kappa shape index (κ1) is 24.1. The van der Waals surface area contributed by atoms with E-state index in [-0.39, 0.29) is 49.7 Å². The molecule has 4 saturated heterocycles. The molecule has 38 heavy (non-hydrogen) atoms. The fourth-order valence-corrected chi connectivity index (χ4v) is 6.31. The van der Waals surface area contributed by atoms with Gasteiger partial charge < -0.3 is 36.4 Å². The zero-order chi connectivity index (χ0) is 27.0. The molecule has 1 spiro atoms. The van der Waals surface area contributed by atoms with E-state index in [9.17, 15) is 24.6 Å². The molecule has 2 unspecified atom stereocenters. The number of aryl methyl sites for hydroxylation is 1. The number of carbonyl (C=O) groups excluding carboxylic acids is 3. The number of benzene rings is 2. The first-order chi connectivity index (χ1) is 18.0.